The van der Waals surface area contributed by atoms with E-state index < -0.39 is 0 Å². The van der Waals surface area contributed by atoms with Gasteiger partial charge in [0.05, 0.1) is 5.02 Å². The molecular weight excluding hydrogens is 220 g/mol. The van der Waals surface area contributed by atoms with Gasteiger partial charge < -0.3 is 5.32 Å². The molecule has 0 spiro atoms. The van der Waals surface area contributed by atoms with Crippen LogP contribution in [0.1, 0.15) is 43.9 Å². The summed E-state index contributed by atoms with van der Waals surface area (Å²) in [6, 6.07) is 2.87. The lowest BCUT2D eigenvalue weighted by Gasteiger charge is -2.07. The zero-order valence-corrected chi connectivity index (χ0v) is 10.6. The molecule has 3 heteroatoms. The normalized spacial score (nSPS) is 15.4. The van der Waals surface area contributed by atoms with Crippen molar-refractivity contribution in [2.75, 3.05) is 0 Å². The van der Waals surface area contributed by atoms with Crippen molar-refractivity contribution in [3.05, 3.63) is 28.5 Å². The third kappa shape index (κ3) is 3.46. The minimum Gasteiger partial charge on any atom is -0.310 e. The molecule has 1 aromatic heterocycles. The molecule has 1 aliphatic rings. The van der Waals surface area contributed by atoms with Crippen LogP contribution in [0.25, 0.3) is 0 Å². The van der Waals surface area contributed by atoms with Gasteiger partial charge in [-0.3, -0.25) is 4.98 Å². The molecule has 2 nitrogen and oxygen atoms in total. The van der Waals surface area contributed by atoms with Crippen molar-refractivity contribution >= 4 is 11.6 Å². The van der Waals surface area contributed by atoms with E-state index in [0.29, 0.717) is 0 Å². The topological polar surface area (TPSA) is 24.9 Å². The zero-order valence-electron chi connectivity index (χ0n) is 9.80. The Morgan fingerprint density at radius 2 is 2.31 bits per heavy atom. The second kappa shape index (κ2) is 5.65. The predicted molar refractivity (Wildman–Crippen MR) is 67.7 cm³/mol. The minimum absolute atomic E-state index is 0.725. The molecule has 0 aromatic carbocycles. The summed E-state index contributed by atoms with van der Waals surface area (Å²) < 4.78 is 0. The average molecular weight is 239 g/mol. The van der Waals surface area contributed by atoms with Crippen molar-refractivity contribution in [2.24, 2.45) is 0 Å². The van der Waals surface area contributed by atoms with Gasteiger partial charge in [0.15, 0.2) is 0 Å². The third-order valence-electron chi connectivity index (χ3n) is 2.94. The van der Waals surface area contributed by atoms with Gasteiger partial charge in [0.1, 0.15) is 0 Å². The number of hydrogen-bond donors (Lipinski definition) is 1. The molecule has 0 radical (unpaired) electrons. The molecule has 1 aromatic rings. The van der Waals surface area contributed by atoms with Crippen LogP contribution in [0.15, 0.2) is 12.3 Å². The number of hydrogen-bond acceptors (Lipinski definition) is 2. The number of nitrogens with one attached hydrogen (secondary N) is 1. The van der Waals surface area contributed by atoms with E-state index in [-0.39, 0.29) is 0 Å². The standard InChI is InChI=1S/C13H19ClN2/c1-2-3-4-12-7-10(13(14)9-16-12)8-15-11-5-6-11/h7,9,11,15H,2-6,8H2,1H3. The van der Waals surface area contributed by atoms with E-state index in [4.69, 9.17) is 11.6 Å². The highest BCUT2D eigenvalue weighted by Gasteiger charge is 2.20. The summed E-state index contributed by atoms with van der Waals surface area (Å²) in [5.41, 5.74) is 2.36. The Hall–Kier alpha value is -0.600. The van der Waals surface area contributed by atoms with E-state index in [1.54, 1.807) is 6.20 Å². The van der Waals surface area contributed by atoms with Crippen LogP contribution >= 0.6 is 11.6 Å². The second-order valence-electron chi connectivity index (χ2n) is 4.53. The smallest absolute Gasteiger partial charge is 0.0634 e. The molecule has 0 saturated heterocycles. The number of pyridine rings is 1. The molecule has 0 aliphatic heterocycles. The van der Waals surface area contributed by atoms with Crippen molar-refractivity contribution in [3.63, 3.8) is 0 Å². The monoisotopic (exact) mass is 238 g/mol. The molecule has 1 aliphatic carbocycles. The molecule has 88 valence electrons. The summed E-state index contributed by atoms with van der Waals surface area (Å²) >= 11 is 6.13. The Labute approximate surface area is 102 Å². The SMILES string of the molecule is CCCCc1cc(CNC2CC2)c(Cl)cn1. The van der Waals surface area contributed by atoms with Gasteiger partial charge >= 0.3 is 0 Å². The van der Waals surface area contributed by atoms with E-state index in [1.807, 2.05) is 0 Å². The maximum absolute atomic E-state index is 6.13. The van der Waals surface area contributed by atoms with Gasteiger partial charge in [0, 0.05) is 24.5 Å². The van der Waals surface area contributed by atoms with E-state index in [9.17, 15) is 0 Å². The Bertz CT molecular complexity index is 348. The lowest BCUT2D eigenvalue weighted by atomic mass is 10.1. The number of aryl methyl sites for hydroxylation is 1. The summed E-state index contributed by atoms with van der Waals surface area (Å²) in [5, 5.41) is 4.27. The van der Waals surface area contributed by atoms with Crippen molar-refractivity contribution in [2.45, 2.75) is 51.6 Å². The van der Waals surface area contributed by atoms with Crippen molar-refractivity contribution in [3.8, 4) is 0 Å². The van der Waals surface area contributed by atoms with Crippen LogP contribution in [0.4, 0.5) is 0 Å². The van der Waals surface area contributed by atoms with Crippen LogP contribution in [0.5, 0.6) is 0 Å². The lowest BCUT2D eigenvalue weighted by Crippen LogP contribution is -2.15. The largest absolute Gasteiger partial charge is 0.310 e. The fourth-order valence-electron chi connectivity index (χ4n) is 1.70. The van der Waals surface area contributed by atoms with E-state index in [0.717, 1.165) is 24.0 Å². The maximum Gasteiger partial charge on any atom is 0.0634 e. The van der Waals surface area contributed by atoms with E-state index in [2.05, 4.69) is 23.3 Å². The molecule has 1 N–H and O–H groups in total. The summed E-state index contributed by atoms with van der Waals surface area (Å²) in [5.74, 6) is 0. The Morgan fingerprint density at radius 1 is 1.50 bits per heavy atom. The van der Waals surface area contributed by atoms with Crippen molar-refractivity contribution in [1.82, 2.24) is 10.3 Å². The minimum atomic E-state index is 0.725. The van der Waals surface area contributed by atoms with Gasteiger partial charge in [-0.1, -0.05) is 24.9 Å². The molecule has 1 saturated carbocycles. The third-order valence-corrected chi connectivity index (χ3v) is 3.28. The van der Waals surface area contributed by atoms with Crippen molar-refractivity contribution < 1.29 is 0 Å². The Balaban J connectivity index is 1.96. The Morgan fingerprint density at radius 3 is 3.00 bits per heavy atom. The number of aromatic nitrogens is 1. The maximum atomic E-state index is 6.13. The van der Waals surface area contributed by atoms with Crippen LogP contribution < -0.4 is 5.32 Å². The number of nitrogens with zero attached hydrogens (tertiary/aromatic N) is 1. The molecule has 2 rings (SSSR count). The van der Waals surface area contributed by atoms with Crippen LogP contribution in [-0.2, 0) is 13.0 Å². The van der Waals surface area contributed by atoms with Gasteiger partial charge in [-0.05, 0) is 37.3 Å². The predicted octanol–water partition coefficient (Wildman–Crippen LogP) is 3.33. The summed E-state index contributed by atoms with van der Waals surface area (Å²) in [6.45, 7) is 3.08. The molecule has 0 unspecified atom stereocenters. The van der Waals surface area contributed by atoms with Crippen LogP contribution in [-0.4, -0.2) is 11.0 Å². The highest BCUT2D eigenvalue weighted by molar-refractivity contribution is 6.31. The summed E-state index contributed by atoms with van der Waals surface area (Å²) in [7, 11) is 0. The average Bonchev–Trinajstić information content (AvgIpc) is 3.10. The van der Waals surface area contributed by atoms with Crippen LogP contribution in [0.3, 0.4) is 0 Å². The van der Waals surface area contributed by atoms with Gasteiger partial charge in [-0.25, -0.2) is 0 Å². The Kier molecular flexibility index (Phi) is 4.19. The first-order valence-corrected chi connectivity index (χ1v) is 6.54. The number of halogens is 1. The van der Waals surface area contributed by atoms with Crippen LogP contribution in [0.2, 0.25) is 5.02 Å². The zero-order chi connectivity index (χ0) is 11.4. The van der Waals surface area contributed by atoms with E-state index >= 15 is 0 Å². The lowest BCUT2D eigenvalue weighted by molar-refractivity contribution is 0.684. The van der Waals surface area contributed by atoms with Gasteiger partial charge in [0.2, 0.25) is 0 Å². The molecule has 0 atom stereocenters. The van der Waals surface area contributed by atoms with Gasteiger partial charge in [-0.2, -0.15) is 0 Å². The van der Waals surface area contributed by atoms with Gasteiger partial charge in [-0.15, -0.1) is 0 Å². The highest BCUT2D eigenvalue weighted by Crippen LogP contribution is 2.21. The van der Waals surface area contributed by atoms with Gasteiger partial charge in [0.25, 0.3) is 0 Å². The molecule has 0 bridgehead atoms. The highest BCUT2D eigenvalue weighted by atomic mass is 35.5. The summed E-state index contributed by atoms with van der Waals surface area (Å²) in [6.07, 6.45) is 7.88. The first kappa shape index (κ1) is 11.9. The molecule has 16 heavy (non-hydrogen) atoms. The molecule has 1 fully saturated rings. The van der Waals surface area contributed by atoms with E-state index in [1.165, 1.54) is 36.9 Å². The summed E-state index contributed by atoms with van der Waals surface area (Å²) in [4.78, 5) is 4.36. The fraction of sp³-hybridized carbons (Fsp3) is 0.615. The number of rotatable bonds is 6. The quantitative estimate of drug-likeness (QED) is 0.823. The van der Waals surface area contributed by atoms with Crippen LogP contribution in [0, 0.1) is 0 Å². The molecule has 0 amide bonds. The first-order chi connectivity index (χ1) is 7.79. The first-order valence-electron chi connectivity index (χ1n) is 6.16. The number of unbranched alkanes of at least 4 members (excludes halogenated alkanes) is 1. The molecular formula is C13H19ClN2. The second-order valence-corrected chi connectivity index (χ2v) is 4.93. The fourth-order valence-corrected chi connectivity index (χ4v) is 1.87. The molecule has 1 heterocycles. The van der Waals surface area contributed by atoms with Crippen molar-refractivity contribution in [1.29, 1.82) is 0 Å².